The highest BCUT2D eigenvalue weighted by atomic mass is 35.5. The molecule has 0 aliphatic heterocycles. The van der Waals surface area contributed by atoms with Crippen LogP contribution in [0.1, 0.15) is 18.4 Å². The summed E-state index contributed by atoms with van der Waals surface area (Å²) >= 11 is 5.90. The first-order valence-electron chi connectivity index (χ1n) is 5.29. The number of benzene rings is 1. The number of rotatable bonds is 4. The molecular weight excluding hydrogens is 261 g/mol. The van der Waals surface area contributed by atoms with Gasteiger partial charge in [0.25, 0.3) is 0 Å². The molecule has 4 nitrogen and oxygen atoms in total. The fourth-order valence-corrected chi connectivity index (χ4v) is 2.19. The lowest BCUT2D eigenvalue weighted by atomic mass is 10.0. The van der Waals surface area contributed by atoms with Crippen LogP contribution in [-0.2, 0) is 10.3 Å². The fraction of sp³-hybridized carbons (Fsp3) is 0.417. The SMILES string of the molecule is COc1cc(C2(N=C=O)CC2)c(F)c(Cl)c1OC. The number of carbonyl (C=O) groups excluding carboxylic acids is 1. The molecule has 0 heterocycles. The molecule has 1 aromatic carbocycles. The van der Waals surface area contributed by atoms with Crippen LogP contribution in [0.25, 0.3) is 0 Å². The minimum absolute atomic E-state index is 0.131. The summed E-state index contributed by atoms with van der Waals surface area (Å²) in [5.41, 5.74) is -0.594. The number of aliphatic imine (C=N–C) groups is 1. The van der Waals surface area contributed by atoms with Gasteiger partial charge in [-0.3, -0.25) is 0 Å². The van der Waals surface area contributed by atoms with Crippen molar-refractivity contribution in [1.29, 1.82) is 0 Å². The first-order chi connectivity index (χ1) is 8.59. The number of nitrogens with zero attached hydrogens (tertiary/aromatic N) is 1. The highest BCUT2D eigenvalue weighted by molar-refractivity contribution is 6.32. The molecule has 96 valence electrons. The van der Waals surface area contributed by atoms with Crippen LogP contribution >= 0.6 is 11.6 Å². The molecule has 0 spiro atoms. The molecule has 0 N–H and O–H groups in total. The van der Waals surface area contributed by atoms with Crippen molar-refractivity contribution in [2.75, 3.05) is 14.2 Å². The molecule has 1 aromatic rings. The second-order valence-electron chi connectivity index (χ2n) is 4.02. The van der Waals surface area contributed by atoms with Crippen LogP contribution in [0.2, 0.25) is 5.02 Å². The molecule has 0 aromatic heterocycles. The Morgan fingerprint density at radius 3 is 2.56 bits per heavy atom. The van der Waals surface area contributed by atoms with Crippen molar-refractivity contribution in [3.63, 3.8) is 0 Å². The Bertz CT molecular complexity index is 537. The molecule has 1 aliphatic rings. The third-order valence-electron chi connectivity index (χ3n) is 3.04. The maximum Gasteiger partial charge on any atom is 0.235 e. The van der Waals surface area contributed by atoms with Gasteiger partial charge < -0.3 is 9.47 Å². The Kier molecular flexibility index (Phi) is 3.28. The average molecular weight is 272 g/mol. The van der Waals surface area contributed by atoms with Gasteiger partial charge in [-0.1, -0.05) is 11.6 Å². The molecular formula is C12H11ClFNO3. The van der Waals surface area contributed by atoms with E-state index in [2.05, 4.69) is 4.99 Å². The van der Waals surface area contributed by atoms with Gasteiger partial charge in [0.2, 0.25) is 6.08 Å². The smallest absolute Gasteiger partial charge is 0.235 e. The molecule has 0 bridgehead atoms. The van der Waals surface area contributed by atoms with Crippen LogP contribution < -0.4 is 9.47 Å². The fourth-order valence-electron chi connectivity index (χ4n) is 1.91. The third-order valence-corrected chi connectivity index (χ3v) is 3.37. The largest absolute Gasteiger partial charge is 0.493 e. The summed E-state index contributed by atoms with van der Waals surface area (Å²) in [5.74, 6) is -0.191. The van der Waals surface area contributed by atoms with Crippen LogP contribution in [0.5, 0.6) is 11.5 Å². The number of ether oxygens (including phenoxy) is 2. The van der Waals surface area contributed by atoms with E-state index in [4.69, 9.17) is 21.1 Å². The predicted molar refractivity (Wildman–Crippen MR) is 63.5 cm³/mol. The van der Waals surface area contributed by atoms with Gasteiger partial charge in [0.15, 0.2) is 17.3 Å². The van der Waals surface area contributed by atoms with E-state index < -0.39 is 11.4 Å². The lowest BCUT2D eigenvalue weighted by molar-refractivity contribution is 0.351. The van der Waals surface area contributed by atoms with E-state index in [9.17, 15) is 9.18 Å². The zero-order chi connectivity index (χ0) is 13.3. The van der Waals surface area contributed by atoms with Gasteiger partial charge in [0, 0.05) is 5.56 Å². The molecule has 18 heavy (non-hydrogen) atoms. The average Bonchev–Trinajstić information content (AvgIpc) is 3.13. The Hall–Kier alpha value is -1.58. The van der Waals surface area contributed by atoms with E-state index in [1.807, 2.05) is 0 Å². The number of isocyanates is 1. The molecule has 1 aliphatic carbocycles. The van der Waals surface area contributed by atoms with Gasteiger partial charge in [-0.05, 0) is 18.9 Å². The second kappa shape index (κ2) is 4.59. The third kappa shape index (κ3) is 1.85. The van der Waals surface area contributed by atoms with Crippen molar-refractivity contribution in [1.82, 2.24) is 0 Å². The number of hydrogen-bond acceptors (Lipinski definition) is 4. The monoisotopic (exact) mass is 271 g/mol. The predicted octanol–water partition coefficient (Wildman–Crippen LogP) is 2.82. The summed E-state index contributed by atoms with van der Waals surface area (Å²) in [7, 11) is 2.80. The van der Waals surface area contributed by atoms with Gasteiger partial charge in [-0.2, -0.15) is 4.99 Å². The highest BCUT2D eigenvalue weighted by Crippen LogP contribution is 2.53. The molecule has 0 atom stereocenters. The number of hydrogen-bond donors (Lipinski definition) is 0. The van der Waals surface area contributed by atoms with Crippen molar-refractivity contribution in [2.45, 2.75) is 18.4 Å². The molecule has 0 amide bonds. The van der Waals surface area contributed by atoms with Gasteiger partial charge in [-0.15, -0.1) is 0 Å². The first kappa shape index (κ1) is 12.9. The summed E-state index contributed by atoms with van der Waals surface area (Å²) in [6, 6.07) is 1.47. The number of methoxy groups -OCH3 is 2. The first-order valence-corrected chi connectivity index (χ1v) is 5.67. The van der Waals surface area contributed by atoms with Gasteiger partial charge >= 0.3 is 0 Å². The molecule has 0 radical (unpaired) electrons. The molecule has 6 heteroatoms. The minimum Gasteiger partial charge on any atom is -0.493 e. The quantitative estimate of drug-likeness (QED) is 0.625. The molecule has 1 saturated carbocycles. The van der Waals surface area contributed by atoms with E-state index in [0.717, 1.165) is 0 Å². The highest BCUT2D eigenvalue weighted by Gasteiger charge is 2.48. The van der Waals surface area contributed by atoms with Crippen LogP contribution in [-0.4, -0.2) is 20.3 Å². The zero-order valence-corrected chi connectivity index (χ0v) is 10.7. The Labute approximate surface area is 108 Å². The topological polar surface area (TPSA) is 47.9 Å². The van der Waals surface area contributed by atoms with Gasteiger partial charge in [0.1, 0.15) is 10.6 Å². The van der Waals surface area contributed by atoms with Crippen molar-refractivity contribution >= 4 is 17.7 Å². The lowest BCUT2D eigenvalue weighted by Crippen LogP contribution is -2.08. The van der Waals surface area contributed by atoms with Crippen LogP contribution in [0.4, 0.5) is 4.39 Å². The minimum atomic E-state index is -0.838. The van der Waals surface area contributed by atoms with E-state index in [-0.39, 0.29) is 16.3 Å². The van der Waals surface area contributed by atoms with Crippen molar-refractivity contribution < 1.29 is 18.7 Å². The van der Waals surface area contributed by atoms with Crippen molar-refractivity contribution in [3.05, 3.63) is 22.5 Å². The molecule has 1 fully saturated rings. The van der Waals surface area contributed by atoms with E-state index in [1.165, 1.54) is 26.4 Å². The second-order valence-corrected chi connectivity index (χ2v) is 4.40. The van der Waals surface area contributed by atoms with Crippen molar-refractivity contribution in [3.8, 4) is 11.5 Å². The lowest BCUT2D eigenvalue weighted by Gasteiger charge is -2.16. The Balaban J connectivity index is 2.63. The molecule has 0 saturated heterocycles. The standard InChI is InChI=1S/C12H11ClFNO3/c1-17-8-5-7(12(3-4-12)15-6-16)10(14)9(13)11(8)18-2/h5H,3-4H2,1-2H3. The number of halogens is 2. The van der Waals surface area contributed by atoms with E-state index in [1.54, 1.807) is 0 Å². The van der Waals surface area contributed by atoms with Gasteiger partial charge in [0.05, 0.1) is 14.2 Å². The normalized spacial score (nSPS) is 15.8. The van der Waals surface area contributed by atoms with E-state index in [0.29, 0.717) is 18.6 Å². The molecule has 2 rings (SSSR count). The van der Waals surface area contributed by atoms with E-state index >= 15 is 0 Å². The van der Waals surface area contributed by atoms with Crippen LogP contribution in [0.3, 0.4) is 0 Å². The van der Waals surface area contributed by atoms with Crippen LogP contribution in [0.15, 0.2) is 11.1 Å². The zero-order valence-electron chi connectivity index (χ0n) is 9.92. The maximum atomic E-state index is 14.2. The summed E-state index contributed by atoms with van der Waals surface area (Å²) in [6.45, 7) is 0. The maximum absolute atomic E-state index is 14.2. The summed E-state index contributed by atoms with van der Waals surface area (Å²) < 4.78 is 24.3. The summed E-state index contributed by atoms with van der Waals surface area (Å²) in [4.78, 5) is 14.1. The Morgan fingerprint density at radius 2 is 2.11 bits per heavy atom. The summed E-state index contributed by atoms with van der Waals surface area (Å²) in [6.07, 6.45) is 2.65. The van der Waals surface area contributed by atoms with Gasteiger partial charge in [-0.25, -0.2) is 9.18 Å². The summed E-state index contributed by atoms with van der Waals surface area (Å²) in [5, 5.41) is -0.167. The Morgan fingerprint density at radius 1 is 1.44 bits per heavy atom. The van der Waals surface area contributed by atoms with Crippen molar-refractivity contribution in [2.24, 2.45) is 4.99 Å². The molecule has 0 unspecified atom stereocenters. The van der Waals surface area contributed by atoms with Crippen LogP contribution in [0, 0.1) is 5.82 Å².